The number of amides is 1. The molecular weight excluding hydrogens is 438 g/mol. The van der Waals surface area contributed by atoms with Gasteiger partial charge in [-0.2, -0.15) is 0 Å². The summed E-state index contributed by atoms with van der Waals surface area (Å²) in [6.07, 6.45) is 2.36. The fourth-order valence-electron chi connectivity index (χ4n) is 4.82. The zero-order valence-corrected chi connectivity index (χ0v) is 20.5. The van der Waals surface area contributed by atoms with Crippen LogP contribution in [0.2, 0.25) is 0 Å². The standard InChI is InChI=1S/C28H31N5O2/c1-19-7-4-5-10-24(19)23-9-6-8-22(17-23)18-32-13-11-26-30-31-27(33(26)15-14-32)20(2)29-28(34)25-12-16-35-21(25)3/h4-10,12,16-17,20H,11,13-15,18H2,1-3H3,(H,29,34)/t20-/m1/s1. The van der Waals surface area contributed by atoms with E-state index in [0.29, 0.717) is 11.3 Å². The molecule has 0 saturated heterocycles. The maximum atomic E-state index is 12.6. The highest BCUT2D eigenvalue weighted by atomic mass is 16.3. The molecule has 0 fully saturated rings. The molecule has 180 valence electrons. The van der Waals surface area contributed by atoms with Gasteiger partial charge in [-0.15, -0.1) is 10.2 Å². The van der Waals surface area contributed by atoms with Gasteiger partial charge in [-0.25, -0.2) is 0 Å². The van der Waals surface area contributed by atoms with E-state index in [1.807, 2.05) is 6.92 Å². The summed E-state index contributed by atoms with van der Waals surface area (Å²) in [6, 6.07) is 18.8. The highest BCUT2D eigenvalue weighted by Gasteiger charge is 2.24. The van der Waals surface area contributed by atoms with Gasteiger partial charge >= 0.3 is 0 Å². The zero-order valence-electron chi connectivity index (χ0n) is 20.5. The molecule has 0 saturated carbocycles. The molecule has 1 aliphatic heterocycles. The van der Waals surface area contributed by atoms with E-state index in [0.717, 1.165) is 44.2 Å². The molecule has 7 nitrogen and oxygen atoms in total. The van der Waals surface area contributed by atoms with Crippen LogP contribution in [-0.2, 0) is 19.5 Å². The van der Waals surface area contributed by atoms with E-state index in [9.17, 15) is 4.79 Å². The van der Waals surface area contributed by atoms with Gasteiger partial charge in [0.1, 0.15) is 11.6 Å². The van der Waals surface area contributed by atoms with Crippen LogP contribution >= 0.6 is 0 Å². The van der Waals surface area contributed by atoms with Crippen molar-refractivity contribution in [2.24, 2.45) is 0 Å². The predicted molar refractivity (Wildman–Crippen MR) is 135 cm³/mol. The first-order valence-corrected chi connectivity index (χ1v) is 12.1. The van der Waals surface area contributed by atoms with Crippen molar-refractivity contribution in [1.82, 2.24) is 25.0 Å². The Bertz CT molecular complexity index is 1340. The predicted octanol–water partition coefficient (Wildman–Crippen LogP) is 4.70. The van der Waals surface area contributed by atoms with E-state index in [-0.39, 0.29) is 11.9 Å². The molecule has 1 atom stereocenters. The van der Waals surface area contributed by atoms with Crippen LogP contribution in [0.1, 0.15) is 51.9 Å². The quantitative estimate of drug-likeness (QED) is 0.443. The molecule has 3 heterocycles. The molecule has 7 heteroatoms. The van der Waals surface area contributed by atoms with E-state index in [1.54, 1.807) is 13.0 Å². The zero-order chi connectivity index (χ0) is 24.4. The lowest BCUT2D eigenvalue weighted by atomic mass is 9.99. The van der Waals surface area contributed by atoms with Crippen molar-refractivity contribution in [3.63, 3.8) is 0 Å². The molecule has 0 unspecified atom stereocenters. The Morgan fingerprint density at radius 1 is 1.06 bits per heavy atom. The van der Waals surface area contributed by atoms with Gasteiger partial charge in [-0.3, -0.25) is 9.69 Å². The van der Waals surface area contributed by atoms with Crippen molar-refractivity contribution >= 4 is 5.91 Å². The minimum absolute atomic E-state index is 0.162. The third-order valence-corrected chi connectivity index (χ3v) is 6.78. The van der Waals surface area contributed by atoms with Gasteiger partial charge in [-0.1, -0.05) is 42.5 Å². The van der Waals surface area contributed by atoms with E-state index in [4.69, 9.17) is 4.42 Å². The number of benzene rings is 2. The molecule has 1 N–H and O–H groups in total. The van der Waals surface area contributed by atoms with E-state index >= 15 is 0 Å². The number of carbonyl (C=O) groups is 1. The van der Waals surface area contributed by atoms with Crippen molar-refractivity contribution in [2.45, 2.75) is 46.3 Å². The number of aromatic nitrogens is 3. The van der Waals surface area contributed by atoms with Gasteiger partial charge in [0, 0.05) is 32.6 Å². The van der Waals surface area contributed by atoms with Crippen molar-refractivity contribution in [3.8, 4) is 11.1 Å². The second kappa shape index (κ2) is 9.88. The summed E-state index contributed by atoms with van der Waals surface area (Å²) in [5, 5.41) is 11.9. The molecule has 2 aromatic carbocycles. The SMILES string of the molecule is Cc1ccccc1-c1cccc(CN2CCc3nnc([C@@H](C)NC(=O)c4ccoc4C)n3CC2)c1. The molecule has 1 amide bonds. The third-order valence-electron chi connectivity index (χ3n) is 6.78. The number of hydrogen-bond donors (Lipinski definition) is 1. The second-order valence-corrected chi connectivity index (χ2v) is 9.25. The normalized spacial score (nSPS) is 14.8. The average molecular weight is 470 g/mol. The Balaban J connectivity index is 1.26. The number of aryl methyl sites for hydroxylation is 2. The number of hydrogen-bond acceptors (Lipinski definition) is 5. The van der Waals surface area contributed by atoms with Crippen LogP contribution < -0.4 is 5.32 Å². The smallest absolute Gasteiger partial charge is 0.255 e. The van der Waals surface area contributed by atoms with Gasteiger partial charge in [0.05, 0.1) is 17.9 Å². The summed E-state index contributed by atoms with van der Waals surface area (Å²) < 4.78 is 7.43. The highest BCUT2D eigenvalue weighted by Crippen LogP contribution is 2.25. The fraction of sp³-hybridized carbons (Fsp3) is 0.321. The number of fused-ring (bicyclic) bond motifs is 1. The van der Waals surface area contributed by atoms with Crippen LogP contribution in [-0.4, -0.2) is 38.7 Å². The first-order chi connectivity index (χ1) is 17.0. The molecule has 0 radical (unpaired) electrons. The lowest BCUT2D eigenvalue weighted by Crippen LogP contribution is -2.30. The van der Waals surface area contributed by atoms with Crippen molar-refractivity contribution in [3.05, 3.63) is 95.0 Å². The number of carbonyl (C=O) groups excluding carboxylic acids is 1. The lowest BCUT2D eigenvalue weighted by molar-refractivity contribution is 0.0936. The molecule has 2 aromatic heterocycles. The number of furan rings is 1. The monoisotopic (exact) mass is 469 g/mol. The number of rotatable bonds is 6. The Labute approximate surface area is 205 Å². The van der Waals surface area contributed by atoms with Gasteiger partial charge < -0.3 is 14.3 Å². The first-order valence-electron chi connectivity index (χ1n) is 12.1. The maximum Gasteiger partial charge on any atom is 0.255 e. The van der Waals surface area contributed by atoms with Gasteiger partial charge in [0.15, 0.2) is 5.82 Å². The van der Waals surface area contributed by atoms with Gasteiger partial charge in [0.25, 0.3) is 5.91 Å². The Hall–Kier alpha value is -3.71. The summed E-state index contributed by atoms with van der Waals surface area (Å²) in [4.78, 5) is 15.1. The van der Waals surface area contributed by atoms with E-state index in [2.05, 4.69) is 80.4 Å². The minimum atomic E-state index is -0.254. The van der Waals surface area contributed by atoms with Crippen LogP contribution in [0.15, 0.2) is 65.3 Å². The molecule has 5 rings (SSSR count). The average Bonchev–Trinajstić information content (AvgIpc) is 3.42. The van der Waals surface area contributed by atoms with E-state index < -0.39 is 0 Å². The fourth-order valence-corrected chi connectivity index (χ4v) is 4.82. The van der Waals surface area contributed by atoms with Crippen molar-refractivity contribution < 1.29 is 9.21 Å². The molecule has 0 aliphatic carbocycles. The Morgan fingerprint density at radius 2 is 1.91 bits per heavy atom. The Kier molecular flexibility index (Phi) is 6.51. The van der Waals surface area contributed by atoms with Crippen LogP contribution in [0, 0.1) is 13.8 Å². The largest absolute Gasteiger partial charge is 0.469 e. The van der Waals surface area contributed by atoms with Crippen molar-refractivity contribution in [2.75, 3.05) is 13.1 Å². The molecule has 35 heavy (non-hydrogen) atoms. The second-order valence-electron chi connectivity index (χ2n) is 9.25. The summed E-state index contributed by atoms with van der Waals surface area (Å²) in [5.74, 6) is 2.21. The van der Waals surface area contributed by atoms with Gasteiger partial charge in [0.2, 0.25) is 0 Å². The maximum absolute atomic E-state index is 12.6. The first kappa shape index (κ1) is 23.1. The summed E-state index contributed by atoms with van der Waals surface area (Å²) in [5.41, 5.74) is 5.68. The number of nitrogens with zero attached hydrogens (tertiary/aromatic N) is 4. The minimum Gasteiger partial charge on any atom is -0.469 e. The van der Waals surface area contributed by atoms with Crippen molar-refractivity contribution in [1.29, 1.82) is 0 Å². The molecule has 0 spiro atoms. The molecular formula is C28H31N5O2. The highest BCUT2D eigenvalue weighted by molar-refractivity contribution is 5.95. The molecule has 4 aromatic rings. The Morgan fingerprint density at radius 3 is 2.71 bits per heavy atom. The summed E-state index contributed by atoms with van der Waals surface area (Å²) in [7, 11) is 0. The van der Waals surface area contributed by atoms with Crippen LogP contribution in [0.4, 0.5) is 0 Å². The van der Waals surface area contributed by atoms with Gasteiger partial charge in [-0.05, 0) is 55.2 Å². The number of nitrogens with one attached hydrogen (secondary N) is 1. The molecule has 0 bridgehead atoms. The van der Waals surface area contributed by atoms with E-state index in [1.165, 1.54) is 28.5 Å². The topological polar surface area (TPSA) is 76.2 Å². The summed E-state index contributed by atoms with van der Waals surface area (Å²) in [6.45, 7) is 9.39. The lowest BCUT2D eigenvalue weighted by Gasteiger charge is -2.21. The third kappa shape index (κ3) is 4.91. The van der Waals surface area contributed by atoms with Crippen LogP contribution in [0.5, 0.6) is 0 Å². The van der Waals surface area contributed by atoms with Crippen LogP contribution in [0.3, 0.4) is 0 Å². The summed E-state index contributed by atoms with van der Waals surface area (Å²) >= 11 is 0. The molecule has 1 aliphatic rings. The van der Waals surface area contributed by atoms with Crippen LogP contribution in [0.25, 0.3) is 11.1 Å².